The highest BCUT2D eigenvalue weighted by Crippen LogP contribution is 2.18. The van der Waals surface area contributed by atoms with Crippen LogP contribution in [0.4, 0.5) is 0 Å². The van der Waals surface area contributed by atoms with Gasteiger partial charge in [0.05, 0.1) is 18.8 Å². The fourth-order valence-electron chi connectivity index (χ4n) is 1.32. The summed E-state index contributed by atoms with van der Waals surface area (Å²) in [6.07, 6.45) is 1.59. The minimum Gasteiger partial charge on any atom is -0.390 e. The maximum Gasteiger partial charge on any atom is 0.0821 e. The molecule has 0 fully saturated rings. The third-order valence-electron chi connectivity index (χ3n) is 2.12. The number of ether oxygens (including phenoxy) is 1. The Morgan fingerprint density at radius 1 is 1.33 bits per heavy atom. The summed E-state index contributed by atoms with van der Waals surface area (Å²) in [6, 6.07) is 4.23. The number of aliphatic hydroxyl groups excluding tert-OH is 1. The van der Waals surface area contributed by atoms with Crippen molar-refractivity contribution in [2.75, 3.05) is 6.61 Å². The van der Waals surface area contributed by atoms with Crippen LogP contribution in [0.2, 0.25) is 0 Å². The van der Waals surface area contributed by atoms with Gasteiger partial charge in [0, 0.05) is 16.2 Å². The summed E-state index contributed by atoms with van der Waals surface area (Å²) in [5.41, 5.74) is 0. The van der Waals surface area contributed by atoms with Crippen molar-refractivity contribution in [3.05, 3.63) is 21.9 Å². The molecule has 0 aromatic carbocycles. The second-order valence-corrected chi connectivity index (χ2v) is 5.21. The van der Waals surface area contributed by atoms with Crippen LogP contribution >= 0.6 is 11.3 Å². The van der Waals surface area contributed by atoms with Crippen molar-refractivity contribution >= 4 is 11.3 Å². The van der Waals surface area contributed by atoms with Crippen molar-refractivity contribution in [2.24, 2.45) is 0 Å². The first-order chi connectivity index (χ1) is 7.11. The molecule has 0 amide bonds. The molecule has 0 aliphatic heterocycles. The summed E-state index contributed by atoms with van der Waals surface area (Å²) in [6.45, 7) is 6.53. The minimum atomic E-state index is -0.379. The van der Waals surface area contributed by atoms with E-state index in [0.29, 0.717) is 13.0 Å². The Morgan fingerprint density at radius 2 is 2.00 bits per heavy atom. The molecule has 0 bridgehead atoms. The lowest BCUT2D eigenvalue weighted by Gasteiger charge is -2.12. The Kier molecular flexibility index (Phi) is 5.29. The summed E-state index contributed by atoms with van der Waals surface area (Å²) < 4.78 is 5.36. The largest absolute Gasteiger partial charge is 0.390 e. The highest BCUT2D eigenvalue weighted by molar-refractivity contribution is 7.11. The first-order valence-electron chi connectivity index (χ1n) is 5.49. The quantitative estimate of drug-likeness (QED) is 0.811. The van der Waals surface area contributed by atoms with E-state index in [1.807, 2.05) is 13.8 Å². The van der Waals surface area contributed by atoms with Crippen molar-refractivity contribution in [1.29, 1.82) is 0 Å². The fourth-order valence-corrected chi connectivity index (χ4v) is 2.35. The number of hydrogen-bond donors (Lipinski definition) is 1. The van der Waals surface area contributed by atoms with Gasteiger partial charge in [0.2, 0.25) is 0 Å². The molecule has 0 saturated heterocycles. The van der Waals surface area contributed by atoms with E-state index < -0.39 is 0 Å². The summed E-state index contributed by atoms with van der Waals surface area (Å²) in [4.78, 5) is 2.62. The third kappa shape index (κ3) is 4.78. The minimum absolute atomic E-state index is 0.189. The van der Waals surface area contributed by atoms with Crippen molar-refractivity contribution in [1.82, 2.24) is 0 Å². The highest BCUT2D eigenvalue weighted by Gasteiger charge is 2.08. The molecule has 1 atom stereocenters. The van der Waals surface area contributed by atoms with Gasteiger partial charge in [0.15, 0.2) is 0 Å². The van der Waals surface area contributed by atoms with E-state index in [1.54, 1.807) is 11.3 Å². The third-order valence-corrected chi connectivity index (χ3v) is 3.38. The average molecular weight is 228 g/mol. The lowest BCUT2D eigenvalue weighted by molar-refractivity contribution is 0.00650. The molecule has 0 radical (unpaired) electrons. The molecular formula is C12H20O2S. The number of hydrogen-bond acceptors (Lipinski definition) is 3. The molecule has 86 valence electrons. The number of thiophene rings is 1. The molecule has 1 unspecified atom stereocenters. The first-order valence-corrected chi connectivity index (χ1v) is 6.30. The van der Waals surface area contributed by atoms with E-state index in [0.717, 1.165) is 6.42 Å². The van der Waals surface area contributed by atoms with Crippen LogP contribution < -0.4 is 0 Å². The predicted molar refractivity (Wildman–Crippen MR) is 64.5 cm³/mol. The van der Waals surface area contributed by atoms with Crippen LogP contribution in [0.1, 0.15) is 30.5 Å². The van der Waals surface area contributed by atoms with E-state index >= 15 is 0 Å². The Morgan fingerprint density at radius 3 is 2.53 bits per heavy atom. The Hall–Kier alpha value is -0.380. The maximum atomic E-state index is 9.72. The molecule has 1 rings (SSSR count). The Balaban J connectivity index is 2.33. The molecule has 1 aromatic rings. The van der Waals surface area contributed by atoms with Gasteiger partial charge in [-0.3, -0.25) is 0 Å². The van der Waals surface area contributed by atoms with Crippen molar-refractivity contribution in [3.63, 3.8) is 0 Å². The second-order valence-electron chi connectivity index (χ2n) is 3.96. The number of rotatable bonds is 6. The number of aliphatic hydroxyl groups is 1. The first kappa shape index (κ1) is 12.7. The van der Waals surface area contributed by atoms with Crippen LogP contribution in [0.5, 0.6) is 0 Å². The van der Waals surface area contributed by atoms with E-state index in [-0.39, 0.29) is 12.2 Å². The van der Waals surface area contributed by atoms with Crippen molar-refractivity contribution in [2.45, 2.75) is 45.8 Å². The summed E-state index contributed by atoms with van der Waals surface area (Å²) in [5, 5.41) is 9.72. The van der Waals surface area contributed by atoms with E-state index in [1.165, 1.54) is 9.75 Å². The van der Waals surface area contributed by atoms with Crippen LogP contribution in [-0.4, -0.2) is 23.9 Å². The van der Waals surface area contributed by atoms with Gasteiger partial charge in [-0.2, -0.15) is 0 Å². The molecule has 2 nitrogen and oxygen atoms in total. The molecule has 0 saturated carbocycles. The maximum absolute atomic E-state index is 9.72. The number of aryl methyl sites for hydroxylation is 1. The zero-order valence-electron chi connectivity index (χ0n) is 9.69. The van der Waals surface area contributed by atoms with Crippen molar-refractivity contribution in [3.8, 4) is 0 Å². The molecule has 0 spiro atoms. The van der Waals surface area contributed by atoms with Gasteiger partial charge in [-0.15, -0.1) is 11.3 Å². The van der Waals surface area contributed by atoms with Gasteiger partial charge < -0.3 is 9.84 Å². The summed E-state index contributed by atoms with van der Waals surface area (Å²) >= 11 is 1.78. The van der Waals surface area contributed by atoms with E-state index in [4.69, 9.17) is 4.74 Å². The highest BCUT2D eigenvalue weighted by atomic mass is 32.1. The summed E-state index contributed by atoms with van der Waals surface area (Å²) in [5.74, 6) is 0. The van der Waals surface area contributed by atoms with Gasteiger partial charge in [-0.25, -0.2) is 0 Å². The molecule has 0 aliphatic carbocycles. The van der Waals surface area contributed by atoms with Crippen LogP contribution in [0.25, 0.3) is 0 Å². The topological polar surface area (TPSA) is 29.5 Å². The predicted octanol–water partition coefficient (Wildman–Crippen LogP) is 2.64. The van der Waals surface area contributed by atoms with Crippen LogP contribution in [0.15, 0.2) is 12.1 Å². The molecule has 15 heavy (non-hydrogen) atoms. The van der Waals surface area contributed by atoms with Gasteiger partial charge >= 0.3 is 0 Å². The lowest BCUT2D eigenvalue weighted by atomic mass is 10.2. The Bertz CT molecular complexity index is 281. The Labute approximate surface area is 95.9 Å². The fraction of sp³-hybridized carbons (Fsp3) is 0.667. The standard InChI is InChI=1S/C12H20O2S/c1-4-11-5-6-12(15-11)7-10(13)8-14-9(2)3/h5-6,9-10,13H,4,7-8H2,1-3H3. The van der Waals surface area contributed by atoms with E-state index in [9.17, 15) is 5.11 Å². The van der Waals surface area contributed by atoms with E-state index in [2.05, 4.69) is 19.1 Å². The molecule has 1 aromatic heterocycles. The molecular weight excluding hydrogens is 208 g/mol. The van der Waals surface area contributed by atoms with Crippen LogP contribution in [0, 0.1) is 0 Å². The van der Waals surface area contributed by atoms with Gasteiger partial charge in [-0.05, 0) is 32.4 Å². The normalized spacial score (nSPS) is 13.4. The summed E-state index contributed by atoms with van der Waals surface area (Å²) in [7, 11) is 0. The second kappa shape index (κ2) is 6.26. The zero-order valence-corrected chi connectivity index (χ0v) is 10.5. The SMILES string of the molecule is CCc1ccc(CC(O)COC(C)C)s1. The molecule has 1 N–H and O–H groups in total. The van der Waals surface area contributed by atoms with Gasteiger partial charge in [0.25, 0.3) is 0 Å². The van der Waals surface area contributed by atoms with Gasteiger partial charge in [-0.1, -0.05) is 6.92 Å². The van der Waals surface area contributed by atoms with Crippen LogP contribution in [0.3, 0.4) is 0 Å². The lowest BCUT2D eigenvalue weighted by Crippen LogP contribution is -2.20. The zero-order chi connectivity index (χ0) is 11.3. The smallest absolute Gasteiger partial charge is 0.0821 e. The molecule has 3 heteroatoms. The van der Waals surface area contributed by atoms with Crippen LogP contribution in [-0.2, 0) is 17.6 Å². The van der Waals surface area contributed by atoms with Crippen molar-refractivity contribution < 1.29 is 9.84 Å². The average Bonchev–Trinajstić information content (AvgIpc) is 2.62. The molecule has 0 aliphatic rings. The van der Waals surface area contributed by atoms with Gasteiger partial charge in [0.1, 0.15) is 0 Å². The molecule has 1 heterocycles. The monoisotopic (exact) mass is 228 g/mol.